The third-order valence-electron chi connectivity index (χ3n) is 3.33. The van der Waals surface area contributed by atoms with Crippen LogP contribution in [0.5, 0.6) is 5.75 Å². The Morgan fingerprint density at radius 2 is 1.65 bits per heavy atom. The summed E-state index contributed by atoms with van der Waals surface area (Å²) in [5.41, 5.74) is 1.67. The molecule has 0 saturated carbocycles. The average Bonchev–Trinajstić information content (AvgIpc) is 2.56. The fraction of sp³-hybridized carbons (Fsp3) is 0.263. The van der Waals surface area contributed by atoms with Crippen molar-refractivity contribution in [3.63, 3.8) is 0 Å². The first kappa shape index (κ1) is 16.7. The van der Waals surface area contributed by atoms with E-state index >= 15 is 0 Å². The zero-order valence-corrected chi connectivity index (χ0v) is 13.3. The number of rotatable bonds is 7. The second kappa shape index (κ2) is 8.13. The van der Waals surface area contributed by atoms with E-state index in [2.05, 4.69) is 0 Å². The molecule has 0 saturated heterocycles. The first-order valence-corrected chi connectivity index (χ1v) is 7.54. The van der Waals surface area contributed by atoms with Crippen LogP contribution in [0.3, 0.4) is 0 Å². The second-order valence-corrected chi connectivity index (χ2v) is 5.27. The number of benzene rings is 2. The number of hydrogen-bond donors (Lipinski definition) is 0. The minimum absolute atomic E-state index is 0.0975. The van der Waals surface area contributed by atoms with E-state index in [9.17, 15) is 9.59 Å². The zero-order chi connectivity index (χ0) is 16.7. The summed E-state index contributed by atoms with van der Waals surface area (Å²) in [6.07, 6.45) is -0.704. The van der Waals surface area contributed by atoms with Crippen molar-refractivity contribution in [3.8, 4) is 5.75 Å². The van der Waals surface area contributed by atoms with Crippen molar-refractivity contribution in [2.45, 2.75) is 26.4 Å². The van der Waals surface area contributed by atoms with Crippen LogP contribution in [0.25, 0.3) is 0 Å². The highest BCUT2D eigenvalue weighted by atomic mass is 16.5. The van der Waals surface area contributed by atoms with Crippen molar-refractivity contribution in [2.24, 2.45) is 0 Å². The van der Waals surface area contributed by atoms with Gasteiger partial charge in [-0.3, -0.25) is 9.59 Å². The van der Waals surface area contributed by atoms with Crippen LogP contribution in [0.15, 0.2) is 54.6 Å². The van der Waals surface area contributed by atoms with Gasteiger partial charge in [0, 0.05) is 5.56 Å². The Kier molecular flexibility index (Phi) is 5.92. The van der Waals surface area contributed by atoms with Crippen LogP contribution in [0.2, 0.25) is 0 Å². The van der Waals surface area contributed by atoms with Gasteiger partial charge in [0.1, 0.15) is 5.75 Å². The Morgan fingerprint density at radius 3 is 2.30 bits per heavy atom. The van der Waals surface area contributed by atoms with E-state index in [1.165, 1.54) is 0 Å². The molecule has 0 aromatic heterocycles. The third kappa shape index (κ3) is 5.25. The van der Waals surface area contributed by atoms with Crippen molar-refractivity contribution in [1.82, 2.24) is 0 Å². The van der Waals surface area contributed by atoms with Gasteiger partial charge in [-0.1, -0.05) is 48.0 Å². The fourth-order valence-corrected chi connectivity index (χ4v) is 2.03. The summed E-state index contributed by atoms with van der Waals surface area (Å²) in [6, 6.07) is 16.4. The lowest BCUT2D eigenvalue weighted by Crippen LogP contribution is -2.25. The number of hydrogen-bond acceptors (Lipinski definition) is 4. The lowest BCUT2D eigenvalue weighted by Gasteiger charge is -2.12. The second-order valence-electron chi connectivity index (χ2n) is 5.27. The molecule has 1 atom stereocenters. The largest absolute Gasteiger partial charge is 0.493 e. The molecule has 2 rings (SSSR count). The number of ketones is 1. The highest BCUT2D eigenvalue weighted by Gasteiger charge is 2.19. The molecule has 0 fully saturated rings. The molecule has 0 bridgehead atoms. The maximum atomic E-state index is 12.1. The molecule has 0 aliphatic rings. The number of ether oxygens (including phenoxy) is 2. The minimum atomic E-state index is -0.802. The minimum Gasteiger partial charge on any atom is -0.493 e. The molecule has 0 radical (unpaired) electrons. The first-order valence-electron chi connectivity index (χ1n) is 7.54. The molecule has 0 aliphatic carbocycles. The van der Waals surface area contributed by atoms with Crippen molar-refractivity contribution in [1.29, 1.82) is 0 Å². The Balaban J connectivity index is 1.76. The normalized spacial score (nSPS) is 11.6. The van der Waals surface area contributed by atoms with Crippen molar-refractivity contribution in [2.75, 3.05) is 6.61 Å². The summed E-state index contributed by atoms with van der Waals surface area (Å²) < 4.78 is 10.6. The summed E-state index contributed by atoms with van der Waals surface area (Å²) in [4.78, 5) is 23.9. The molecule has 0 heterocycles. The van der Waals surface area contributed by atoms with Crippen LogP contribution < -0.4 is 4.74 Å². The lowest BCUT2D eigenvalue weighted by molar-refractivity contribution is -0.146. The Labute approximate surface area is 136 Å². The standard InChI is InChI=1S/C19H20O4/c1-14-8-10-17(11-9-14)22-13-12-18(20)23-15(2)19(21)16-6-4-3-5-7-16/h3-11,15H,12-13H2,1-2H3. The van der Waals surface area contributed by atoms with Gasteiger partial charge >= 0.3 is 5.97 Å². The zero-order valence-electron chi connectivity index (χ0n) is 13.3. The molecule has 0 spiro atoms. The number of carbonyl (C=O) groups excluding carboxylic acids is 2. The van der Waals surface area contributed by atoms with Gasteiger partial charge in [-0.25, -0.2) is 0 Å². The maximum Gasteiger partial charge on any atom is 0.309 e. The van der Waals surface area contributed by atoms with E-state index in [0.717, 1.165) is 5.56 Å². The van der Waals surface area contributed by atoms with Crippen LogP contribution in [-0.4, -0.2) is 24.5 Å². The van der Waals surface area contributed by atoms with Gasteiger partial charge in [0.15, 0.2) is 6.10 Å². The molecule has 0 amide bonds. The molecule has 0 aliphatic heterocycles. The van der Waals surface area contributed by atoms with E-state index in [4.69, 9.17) is 9.47 Å². The molecule has 120 valence electrons. The molecule has 1 unspecified atom stereocenters. The molecule has 2 aromatic rings. The molecule has 0 N–H and O–H groups in total. The number of Topliss-reactive ketones (excluding diaryl/α,β-unsaturated/α-hetero) is 1. The van der Waals surface area contributed by atoms with Crippen LogP contribution in [0, 0.1) is 6.92 Å². The van der Waals surface area contributed by atoms with Crippen molar-refractivity contribution < 1.29 is 19.1 Å². The van der Waals surface area contributed by atoms with Gasteiger partial charge in [-0.15, -0.1) is 0 Å². The van der Waals surface area contributed by atoms with Crippen molar-refractivity contribution >= 4 is 11.8 Å². The summed E-state index contributed by atoms with van der Waals surface area (Å²) in [5.74, 6) is 0.0455. The highest BCUT2D eigenvalue weighted by molar-refractivity contribution is 6.00. The van der Waals surface area contributed by atoms with Gasteiger partial charge in [-0.2, -0.15) is 0 Å². The van der Waals surface area contributed by atoms with Crippen LogP contribution >= 0.6 is 0 Å². The van der Waals surface area contributed by atoms with Crippen molar-refractivity contribution in [3.05, 3.63) is 65.7 Å². The quantitative estimate of drug-likeness (QED) is 0.579. The third-order valence-corrected chi connectivity index (χ3v) is 3.33. The van der Waals surface area contributed by atoms with Gasteiger partial charge in [0.05, 0.1) is 13.0 Å². The number of carbonyl (C=O) groups is 2. The van der Waals surface area contributed by atoms with Gasteiger partial charge in [0.2, 0.25) is 5.78 Å². The summed E-state index contributed by atoms with van der Waals surface area (Å²) in [6.45, 7) is 3.79. The van der Waals surface area contributed by atoms with E-state index in [1.54, 1.807) is 31.2 Å². The topological polar surface area (TPSA) is 52.6 Å². The molecule has 4 nitrogen and oxygen atoms in total. The molecule has 4 heteroatoms. The summed E-state index contributed by atoms with van der Waals surface area (Å²) in [5, 5.41) is 0. The van der Waals surface area contributed by atoms with Gasteiger partial charge in [-0.05, 0) is 26.0 Å². The van der Waals surface area contributed by atoms with Gasteiger partial charge in [0.25, 0.3) is 0 Å². The smallest absolute Gasteiger partial charge is 0.309 e. The fourth-order valence-electron chi connectivity index (χ4n) is 2.03. The molecule has 23 heavy (non-hydrogen) atoms. The SMILES string of the molecule is Cc1ccc(OCCC(=O)OC(C)C(=O)c2ccccc2)cc1. The van der Waals surface area contributed by atoms with E-state index in [-0.39, 0.29) is 18.8 Å². The monoisotopic (exact) mass is 312 g/mol. The average molecular weight is 312 g/mol. The Hall–Kier alpha value is -2.62. The van der Waals surface area contributed by atoms with E-state index in [0.29, 0.717) is 11.3 Å². The lowest BCUT2D eigenvalue weighted by atomic mass is 10.1. The van der Waals surface area contributed by atoms with E-state index in [1.807, 2.05) is 37.3 Å². The number of esters is 1. The number of aryl methyl sites for hydroxylation is 1. The first-order chi connectivity index (χ1) is 11.1. The Morgan fingerprint density at radius 1 is 1.00 bits per heavy atom. The highest BCUT2D eigenvalue weighted by Crippen LogP contribution is 2.12. The maximum absolute atomic E-state index is 12.1. The molecular formula is C19H20O4. The molecule has 2 aromatic carbocycles. The van der Waals surface area contributed by atoms with E-state index < -0.39 is 12.1 Å². The Bertz CT molecular complexity index is 647. The van der Waals surface area contributed by atoms with Gasteiger partial charge < -0.3 is 9.47 Å². The van der Waals surface area contributed by atoms with Crippen LogP contribution in [0.4, 0.5) is 0 Å². The molecular weight excluding hydrogens is 292 g/mol. The van der Waals surface area contributed by atoms with Crippen LogP contribution in [-0.2, 0) is 9.53 Å². The summed E-state index contributed by atoms with van der Waals surface area (Å²) in [7, 11) is 0. The van der Waals surface area contributed by atoms with Crippen LogP contribution in [0.1, 0.15) is 29.3 Å². The predicted molar refractivity (Wildman–Crippen MR) is 87.6 cm³/mol. The summed E-state index contributed by atoms with van der Waals surface area (Å²) >= 11 is 0. The predicted octanol–water partition coefficient (Wildman–Crippen LogP) is 3.58.